The van der Waals surface area contributed by atoms with Crippen LogP contribution < -0.4 is 16.6 Å². The second-order valence-corrected chi connectivity index (χ2v) is 3.89. The van der Waals surface area contributed by atoms with E-state index in [2.05, 4.69) is 20.7 Å². The van der Waals surface area contributed by atoms with Gasteiger partial charge >= 0.3 is 6.18 Å². The maximum Gasteiger partial charge on any atom is 0.416 e. The molecule has 1 atom stereocenters. The summed E-state index contributed by atoms with van der Waals surface area (Å²) < 4.78 is 36.4. The Labute approximate surface area is 108 Å². The number of aliphatic hydroxyl groups excluding tert-OH is 1. The molecular formula is C10H16F3N5O. The predicted octanol–water partition coefficient (Wildman–Crippen LogP) is 1.05. The maximum atomic E-state index is 12.1. The van der Waals surface area contributed by atoms with E-state index in [1.807, 2.05) is 6.92 Å². The highest BCUT2D eigenvalue weighted by atomic mass is 19.4. The minimum atomic E-state index is -4.67. The smallest absolute Gasteiger partial charge is 0.382 e. The lowest BCUT2D eigenvalue weighted by molar-refractivity contribution is -0.198. The molecule has 1 heterocycles. The van der Waals surface area contributed by atoms with Crippen LogP contribution in [0.1, 0.15) is 19.2 Å². The summed E-state index contributed by atoms with van der Waals surface area (Å²) in [7, 11) is 0. The number of aryl methyl sites for hydroxylation is 1. The van der Waals surface area contributed by atoms with Crippen molar-refractivity contribution < 1.29 is 18.3 Å². The number of nitrogens with two attached hydrogens (primary N) is 1. The van der Waals surface area contributed by atoms with Gasteiger partial charge in [0.25, 0.3) is 0 Å². The number of rotatable bonds is 6. The van der Waals surface area contributed by atoms with Crippen LogP contribution >= 0.6 is 0 Å². The average molecular weight is 279 g/mol. The fourth-order valence-electron chi connectivity index (χ4n) is 1.31. The SMILES string of the molecule is CCCc1nc(NN)cc(NCC(O)C(F)(F)F)n1. The van der Waals surface area contributed by atoms with E-state index in [0.29, 0.717) is 18.1 Å². The van der Waals surface area contributed by atoms with E-state index < -0.39 is 18.8 Å². The van der Waals surface area contributed by atoms with Gasteiger partial charge < -0.3 is 15.8 Å². The molecule has 1 unspecified atom stereocenters. The van der Waals surface area contributed by atoms with Gasteiger partial charge in [-0.2, -0.15) is 13.2 Å². The van der Waals surface area contributed by atoms with Crippen molar-refractivity contribution in [2.24, 2.45) is 5.84 Å². The number of hydrazine groups is 1. The van der Waals surface area contributed by atoms with E-state index in [1.54, 1.807) is 0 Å². The van der Waals surface area contributed by atoms with Crippen LogP contribution in [0.15, 0.2) is 6.07 Å². The number of halogens is 3. The molecule has 0 spiro atoms. The molecule has 9 heteroatoms. The van der Waals surface area contributed by atoms with Crippen LogP contribution in [0.25, 0.3) is 0 Å². The first kappa shape index (κ1) is 15.4. The molecule has 1 aromatic rings. The highest BCUT2D eigenvalue weighted by molar-refractivity contribution is 5.46. The molecule has 0 fully saturated rings. The monoisotopic (exact) mass is 279 g/mol. The van der Waals surface area contributed by atoms with Gasteiger partial charge in [0.1, 0.15) is 17.5 Å². The molecule has 1 aromatic heterocycles. The van der Waals surface area contributed by atoms with E-state index in [1.165, 1.54) is 6.07 Å². The van der Waals surface area contributed by atoms with Gasteiger partial charge in [0.05, 0.1) is 6.54 Å². The zero-order chi connectivity index (χ0) is 14.5. The summed E-state index contributed by atoms with van der Waals surface area (Å²) in [6.07, 6.45) is -5.75. The maximum absolute atomic E-state index is 12.1. The second kappa shape index (κ2) is 6.53. The Balaban J connectivity index is 2.74. The summed E-state index contributed by atoms with van der Waals surface area (Å²) in [4.78, 5) is 8.07. The summed E-state index contributed by atoms with van der Waals surface area (Å²) >= 11 is 0. The van der Waals surface area contributed by atoms with Crippen LogP contribution in [-0.2, 0) is 6.42 Å². The zero-order valence-corrected chi connectivity index (χ0v) is 10.3. The van der Waals surface area contributed by atoms with E-state index in [-0.39, 0.29) is 5.82 Å². The summed E-state index contributed by atoms with van der Waals surface area (Å²) in [5.41, 5.74) is 2.31. The lowest BCUT2D eigenvalue weighted by atomic mass is 10.3. The molecule has 0 bridgehead atoms. The molecule has 6 nitrogen and oxygen atoms in total. The number of anilines is 2. The van der Waals surface area contributed by atoms with Gasteiger partial charge in [0, 0.05) is 12.5 Å². The van der Waals surface area contributed by atoms with Crippen LogP contribution in [0.4, 0.5) is 24.8 Å². The normalized spacial score (nSPS) is 13.2. The summed E-state index contributed by atoms with van der Waals surface area (Å²) in [6, 6.07) is 1.36. The number of hydrogen-bond acceptors (Lipinski definition) is 6. The number of hydrogen-bond donors (Lipinski definition) is 4. The van der Waals surface area contributed by atoms with Crippen LogP contribution in [0.5, 0.6) is 0 Å². The molecule has 5 N–H and O–H groups in total. The lowest BCUT2D eigenvalue weighted by Gasteiger charge is -2.16. The van der Waals surface area contributed by atoms with Gasteiger partial charge in [-0.25, -0.2) is 15.8 Å². The van der Waals surface area contributed by atoms with Crippen LogP contribution in [-0.4, -0.2) is 33.9 Å². The van der Waals surface area contributed by atoms with Crippen molar-refractivity contribution in [3.8, 4) is 0 Å². The molecule has 0 saturated heterocycles. The molecule has 19 heavy (non-hydrogen) atoms. The van der Waals surface area contributed by atoms with Crippen molar-refractivity contribution in [2.45, 2.75) is 32.0 Å². The third-order valence-electron chi connectivity index (χ3n) is 2.25. The zero-order valence-electron chi connectivity index (χ0n) is 10.3. The predicted molar refractivity (Wildman–Crippen MR) is 64.4 cm³/mol. The number of nitrogen functional groups attached to an aromatic ring is 1. The minimum Gasteiger partial charge on any atom is -0.382 e. The van der Waals surface area contributed by atoms with E-state index in [4.69, 9.17) is 10.9 Å². The average Bonchev–Trinajstić information content (AvgIpc) is 2.34. The van der Waals surface area contributed by atoms with Crippen LogP contribution in [0, 0.1) is 0 Å². The Morgan fingerprint density at radius 3 is 2.53 bits per heavy atom. The Hall–Kier alpha value is -1.61. The first-order valence-corrected chi connectivity index (χ1v) is 5.70. The molecule has 1 rings (SSSR count). The van der Waals surface area contributed by atoms with E-state index in [0.717, 1.165) is 6.42 Å². The summed E-state index contributed by atoms with van der Waals surface area (Å²) in [6.45, 7) is 1.24. The quantitative estimate of drug-likeness (QED) is 0.459. The highest BCUT2D eigenvalue weighted by Crippen LogP contribution is 2.20. The van der Waals surface area contributed by atoms with Gasteiger partial charge in [-0.15, -0.1) is 0 Å². The summed E-state index contributed by atoms with van der Waals surface area (Å²) in [5, 5.41) is 11.3. The highest BCUT2D eigenvalue weighted by Gasteiger charge is 2.37. The number of nitrogens with one attached hydrogen (secondary N) is 2. The van der Waals surface area contributed by atoms with Crippen molar-refractivity contribution in [1.82, 2.24) is 9.97 Å². The summed E-state index contributed by atoms with van der Waals surface area (Å²) in [5.74, 6) is 6.14. The van der Waals surface area contributed by atoms with Crippen molar-refractivity contribution in [1.29, 1.82) is 0 Å². The van der Waals surface area contributed by atoms with Crippen molar-refractivity contribution in [3.05, 3.63) is 11.9 Å². The fourth-order valence-corrected chi connectivity index (χ4v) is 1.31. The molecule has 0 aromatic carbocycles. The topological polar surface area (TPSA) is 96.1 Å². The number of aromatic nitrogens is 2. The molecular weight excluding hydrogens is 263 g/mol. The molecule has 0 aliphatic rings. The minimum absolute atomic E-state index is 0.176. The van der Waals surface area contributed by atoms with Crippen molar-refractivity contribution >= 4 is 11.6 Å². The van der Waals surface area contributed by atoms with Gasteiger partial charge in [-0.1, -0.05) is 6.92 Å². The number of nitrogens with zero attached hydrogens (tertiary/aromatic N) is 2. The van der Waals surface area contributed by atoms with Gasteiger partial charge in [0.2, 0.25) is 0 Å². The Morgan fingerprint density at radius 1 is 1.37 bits per heavy atom. The Kier molecular flexibility index (Phi) is 5.31. The van der Waals surface area contributed by atoms with Crippen molar-refractivity contribution in [3.63, 3.8) is 0 Å². The molecule has 0 aliphatic carbocycles. The van der Waals surface area contributed by atoms with Crippen LogP contribution in [0.3, 0.4) is 0 Å². The first-order valence-electron chi connectivity index (χ1n) is 5.70. The molecule has 0 amide bonds. The molecule has 108 valence electrons. The number of alkyl halides is 3. The third-order valence-corrected chi connectivity index (χ3v) is 2.25. The van der Waals surface area contributed by atoms with E-state index >= 15 is 0 Å². The number of aliphatic hydroxyl groups is 1. The molecule has 0 aliphatic heterocycles. The molecule has 0 saturated carbocycles. The van der Waals surface area contributed by atoms with Gasteiger partial charge in [0.15, 0.2) is 6.10 Å². The fraction of sp³-hybridized carbons (Fsp3) is 0.600. The second-order valence-electron chi connectivity index (χ2n) is 3.89. The molecule has 0 radical (unpaired) electrons. The first-order chi connectivity index (χ1) is 8.86. The van der Waals surface area contributed by atoms with Crippen LogP contribution in [0.2, 0.25) is 0 Å². The van der Waals surface area contributed by atoms with Crippen molar-refractivity contribution in [2.75, 3.05) is 17.3 Å². The Bertz CT molecular complexity index is 413. The van der Waals surface area contributed by atoms with Gasteiger partial charge in [-0.05, 0) is 6.42 Å². The Morgan fingerprint density at radius 2 is 2.00 bits per heavy atom. The van der Waals surface area contributed by atoms with E-state index in [9.17, 15) is 13.2 Å². The third kappa shape index (κ3) is 4.87. The standard InChI is InChI=1S/C10H16F3N5O/c1-2-3-7-16-8(4-9(17-7)18-14)15-5-6(19)10(11,12)13/h4,6,19H,2-3,5,14H2,1H3,(H2,15,16,17,18). The largest absolute Gasteiger partial charge is 0.416 e. The van der Waals surface area contributed by atoms with Gasteiger partial charge in [-0.3, -0.25) is 0 Å². The lowest BCUT2D eigenvalue weighted by Crippen LogP contribution is -2.35.